The number of hydrogen-bond donors (Lipinski definition) is 1. The van der Waals surface area contributed by atoms with Gasteiger partial charge in [0.2, 0.25) is 0 Å². The van der Waals surface area contributed by atoms with Crippen molar-refractivity contribution in [1.82, 2.24) is 9.88 Å². The van der Waals surface area contributed by atoms with E-state index in [1.807, 2.05) is 13.0 Å². The summed E-state index contributed by atoms with van der Waals surface area (Å²) in [6.07, 6.45) is 4.51. The van der Waals surface area contributed by atoms with E-state index in [1.54, 1.807) is 18.3 Å². The van der Waals surface area contributed by atoms with Crippen molar-refractivity contribution in [3.05, 3.63) is 41.8 Å². The topological polar surface area (TPSA) is 36.4 Å². The van der Waals surface area contributed by atoms with Crippen LogP contribution in [-0.4, -0.2) is 33.7 Å². The highest BCUT2D eigenvalue weighted by Crippen LogP contribution is 2.26. The van der Waals surface area contributed by atoms with Gasteiger partial charge in [-0.1, -0.05) is 6.07 Å². The molecule has 1 aliphatic heterocycles. The predicted molar refractivity (Wildman–Crippen MR) is 81.4 cm³/mol. The highest BCUT2D eigenvalue weighted by molar-refractivity contribution is 5.82. The molecule has 1 aromatic carbocycles. The fourth-order valence-electron chi connectivity index (χ4n) is 3.31. The van der Waals surface area contributed by atoms with Crippen LogP contribution >= 0.6 is 0 Å². The highest BCUT2D eigenvalue weighted by atomic mass is 19.1. The summed E-state index contributed by atoms with van der Waals surface area (Å²) in [4.78, 5) is 6.74. The molecule has 3 nitrogen and oxygen atoms in total. The SMILES string of the molecule is CC(O)CC1CCCN1Cc1ccc(F)c2cccnc12. The highest BCUT2D eigenvalue weighted by Gasteiger charge is 2.26. The van der Waals surface area contributed by atoms with Gasteiger partial charge in [0.1, 0.15) is 5.82 Å². The number of benzene rings is 1. The van der Waals surface area contributed by atoms with Crippen LogP contribution in [0, 0.1) is 5.82 Å². The van der Waals surface area contributed by atoms with Gasteiger partial charge in [0.05, 0.1) is 11.6 Å². The molecule has 112 valence electrons. The lowest BCUT2D eigenvalue weighted by molar-refractivity contribution is 0.131. The van der Waals surface area contributed by atoms with E-state index in [9.17, 15) is 9.50 Å². The van der Waals surface area contributed by atoms with Crippen molar-refractivity contribution in [3.63, 3.8) is 0 Å². The summed E-state index contributed by atoms with van der Waals surface area (Å²) in [6, 6.07) is 7.31. The fraction of sp³-hybridized carbons (Fsp3) is 0.471. The Hall–Kier alpha value is -1.52. The van der Waals surface area contributed by atoms with Crippen molar-refractivity contribution in [1.29, 1.82) is 0 Å². The van der Waals surface area contributed by atoms with Gasteiger partial charge in [0, 0.05) is 24.2 Å². The van der Waals surface area contributed by atoms with Gasteiger partial charge in [-0.3, -0.25) is 9.88 Å². The average molecular weight is 288 g/mol. The smallest absolute Gasteiger partial charge is 0.132 e. The molecule has 0 aliphatic carbocycles. The summed E-state index contributed by atoms with van der Waals surface area (Å²) >= 11 is 0. The molecule has 21 heavy (non-hydrogen) atoms. The lowest BCUT2D eigenvalue weighted by Crippen LogP contribution is -2.31. The average Bonchev–Trinajstić information content (AvgIpc) is 2.89. The molecule has 1 fully saturated rings. The molecular weight excluding hydrogens is 267 g/mol. The summed E-state index contributed by atoms with van der Waals surface area (Å²) in [5.41, 5.74) is 1.81. The molecule has 2 aromatic rings. The molecule has 4 heteroatoms. The second-order valence-corrected chi connectivity index (χ2v) is 5.96. The van der Waals surface area contributed by atoms with Crippen LogP contribution < -0.4 is 0 Å². The molecule has 3 rings (SSSR count). The Kier molecular flexibility index (Phi) is 4.17. The standard InChI is InChI=1S/C17H21FN2O/c1-12(21)10-14-4-3-9-20(14)11-13-6-7-16(18)15-5-2-8-19-17(13)15/h2,5-8,12,14,21H,3-4,9-11H2,1H3. The molecule has 2 atom stereocenters. The number of nitrogens with zero attached hydrogens (tertiary/aromatic N) is 2. The van der Waals surface area contributed by atoms with Gasteiger partial charge in [-0.15, -0.1) is 0 Å². The number of rotatable bonds is 4. The van der Waals surface area contributed by atoms with E-state index in [4.69, 9.17) is 0 Å². The van der Waals surface area contributed by atoms with Crippen molar-refractivity contribution in [2.24, 2.45) is 0 Å². The third-order valence-corrected chi connectivity index (χ3v) is 4.29. The van der Waals surface area contributed by atoms with E-state index in [0.29, 0.717) is 11.4 Å². The zero-order valence-electron chi connectivity index (χ0n) is 12.3. The van der Waals surface area contributed by atoms with Gasteiger partial charge in [0.25, 0.3) is 0 Å². The van der Waals surface area contributed by atoms with E-state index in [-0.39, 0.29) is 11.9 Å². The fourth-order valence-corrected chi connectivity index (χ4v) is 3.31. The zero-order chi connectivity index (χ0) is 14.8. The van der Waals surface area contributed by atoms with Crippen LogP contribution in [0.5, 0.6) is 0 Å². The van der Waals surface area contributed by atoms with Crippen LogP contribution in [0.4, 0.5) is 4.39 Å². The monoisotopic (exact) mass is 288 g/mol. The van der Waals surface area contributed by atoms with Crippen molar-refractivity contribution in [3.8, 4) is 0 Å². The first-order valence-corrected chi connectivity index (χ1v) is 7.59. The number of fused-ring (bicyclic) bond motifs is 1. The minimum absolute atomic E-state index is 0.219. The molecule has 0 bridgehead atoms. The largest absolute Gasteiger partial charge is 0.393 e. The number of hydrogen-bond acceptors (Lipinski definition) is 3. The molecule has 1 saturated heterocycles. The summed E-state index contributed by atoms with van der Waals surface area (Å²) < 4.78 is 13.8. The first kappa shape index (κ1) is 14.4. The van der Waals surface area contributed by atoms with Crippen LogP contribution in [0.25, 0.3) is 10.9 Å². The van der Waals surface area contributed by atoms with Crippen LogP contribution in [0.1, 0.15) is 31.7 Å². The maximum absolute atomic E-state index is 13.8. The van der Waals surface area contributed by atoms with Gasteiger partial charge in [-0.2, -0.15) is 0 Å². The Morgan fingerprint density at radius 2 is 2.29 bits per heavy atom. The van der Waals surface area contributed by atoms with E-state index in [1.165, 1.54) is 6.07 Å². The van der Waals surface area contributed by atoms with E-state index in [0.717, 1.165) is 43.4 Å². The normalized spacial score (nSPS) is 21.0. The van der Waals surface area contributed by atoms with Crippen molar-refractivity contribution in [2.75, 3.05) is 6.54 Å². The third-order valence-electron chi connectivity index (χ3n) is 4.29. The minimum Gasteiger partial charge on any atom is -0.393 e. The number of pyridine rings is 1. The summed E-state index contributed by atoms with van der Waals surface area (Å²) in [6.45, 7) is 3.64. The summed E-state index contributed by atoms with van der Waals surface area (Å²) in [7, 11) is 0. The lowest BCUT2D eigenvalue weighted by atomic mass is 10.1. The van der Waals surface area contributed by atoms with Crippen LogP contribution in [0.15, 0.2) is 30.5 Å². The zero-order valence-corrected chi connectivity index (χ0v) is 12.3. The Bertz CT molecular complexity index is 629. The molecule has 1 N–H and O–H groups in total. The van der Waals surface area contributed by atoms with Crippen molar-refractivity contribution < 1.29 is 9.50 Å². The number of aliphatic hydroxyl groups is 1. The Morgan fingerprint density at radius 3 is 3.10 bits per heavy atom. The van der Waals surface area contributed by atoms with E-state index < -0.39 is 0 Å². The van der Waals surface area contributed by atoms with Crippen LogP contribution in [0.3, 0.4) is 0 Å². The molecule has 2 unspecified atom stereocenters. The maximum atomic E-state index is 13.8. The first-order chi connectivity index (χ1) is 10.1. The van der Waals surface area contributed by atoms with Gasteiger partial charge < -0.3 is 5.11 Å². The molecule has 0 radical (unpaired) electrons. The second kappa shape index (κ2) is 6.08. The maximum Gasteiger partial charge on any atom is 0.132 e. The first-order valence-electron chi connectivity index (χ1n) is 7.59. The molecule has 0 spiro atoms. The predicted octanol–water partition coefficient (Wildman–Crippen LogP) is 3.11. The van der Waals surface area contributed by atoms with E-state index >= 15 is 0 Å². The molecule has 0 amide bonds. The van der Waals surface area contributed by atoms with Crippen molar-refractivity contribution >= 4 is 10.9 Å². The minimum atomic E-state index is -0.279. The summed E-state index contributed by atoms with van der Waals surface area (Å²) in [5, 5.41) is 10.2. The van der Waals surface area contributed by atoms with Gasteiger partial charge in [-0.05, 0) is 56.5 Å². The molecule has 2 heterocycles. The molecule has 1 aliphatic rings. The number of halogens is 1. The number of aromatic nitrogens is 1. The summed E-state index contributed by atoms with van der Waals surface area (Å²) in [5.74, 6) is -0.219. The number of aliphatic hydroxyl groups excluding tert-OH is 1. The quantitative estimate of drug-likeness (QED) is 0.939. The van der Waals surface area contributed by atoms with E-state index in [2.05, 4.69) is 9.88 Å². The second-order valence-electron chi connectivity index (χ2n) is 5.96. The Labute approximate surface area is 124 Å². The van der Waals surface area contributed by atoms with Gasteiger partial charge >= 0.3 is 0 Å². The molecule has 0 saturated carbocycles. The lowest BCUT2D eigenvalue weighted by Gasteiger charge is -2.25. The molecule has 1 aromatic heterocycles. The van der Waals surface area contributed by atoms with Gasteiger partial charge in [-0.25, -0.2) is 4.39 Å². The Morgan fingerprint density at radius 1 is 1.43 bits per heavy atom. The van der Waals surface area contributed by atoms with Crippen LogP contribution in [0.2, 0.25) is 0 Å². The Balaban J connectivity index is 1.86. The number of likely N-dealkylation sites (tertiary alicyclic amines) is 1. The van der Waals surface area contributed by atoms with Crippen molar-refractivity contribution in [2.45, 2.75) is 44.9 Å². The third kappa shape index (κ3) is 3.06. The molecular formula is C17H21FN2O. The van der Waals surface area contributed by atoms with Crippen LogP contribution in [-0.2, 0) is 6.54 Å². The van der Waals surface area contributed by atoms with Gasteiger partial charge in [0.15, 0.2) is 0 Å².